The van der Waals surface area contributed by atoms with Crippen molar-refractivity contribution in [2.24, 2.45) is 7.05 Å². The third-order valence-electron chi connectivity index (χ3n) is 4.55. The van der Waals surface area contributed by atoms with Crippen LogP contribution in [0.1, 0.15) is 41.1 Å². The van der Waals surface area contributed by atoms with Crippen LogP contribution < -0.4 is 10.6 Å². The van der Waals surface area contributed by atoms with Gasteiger partial charge in [-0.05, 0) is 50.8 Å². The van der Waals surface area contributed by atoms with E-state index < -0.39 is 6.10 Å². The number of nitrogens with zero attached hydrogens (tertiary/aromatic N) is 2. The van der Waals surface area contributed by atoms with Gasteiger partial charge in [0.2, 0.25) is 0 Å². The van der Waals surface area contributed by atoms with E-state index in [-0.39, 0.29) is 18.6 Å². The van der Waals surface area contributed by atoms with E-state index in [0.29, 0.717) is 0 Å². The maximum absolute atomic E-state index is 12.1. The van der Waals surface area contributed by atoms with Gasteiger partial charge in [-0.25, -0.2) is 4.79 Å². The summed E-state index contributed by atoms with van der Waals surface area (Å²) in [5.41, 5.74) is 5.10. The summed E-state index contributed by atoms with van der Waals surface area (Å²) in [4.78, 5) is 12.1. The minimum absolute atomic E-state index is 0.0304. The molecule has 2 amide bonds. The van der Waals surface area contributed by atoms with Gasteiger partial charge >= 0.3 is 6.03 Å². The first-order chi connectivity index (χ1) is 11.8. The van der Waals surface area contributed by atoms with Crippen LogP contribution in [0.3, 0.4) is 0 Å². The van der Waals surface area contributed by atoms with Crippen molar-refractivity contribution in [3.8, 4) is 0 Å². The molecule has 0 aliphatic carbocycles. The van der Waals surface area contributed by atoms with Crippen LogP contribution in [0.25, 0.3) is 0 Å². The molecular formula is C19H28N4O2. The number of hydrogen-bond donors (Lipinski definition) is 3. The van der Waals surface area contributed by atoms with Crippen LogP contribution in [-0.4, -0.2) is 33.5 Å². The molecule has 0 aliphatic rings. The number of rotatable bonds is 6. The SMILES string of the molecule is Cc1ccccc1C(O)CNC(=O)NC(C)Cc1c(C)nn(C)c1C. The Hall–Kier alpha value is -2.34. The fourth-order valence-corrected chi connectivity index (χ4v) is 3.00. The number of aryl methyl sites for hydroxylation is 3. The molecular weight excluding hydrogens is 316 g/mol. The number of benzene rings is 1. The molecule has 2 unspecified atom stereocenters. The fourth-order valence-electron chi connectivity index (χ4n) is 3.00. The predicted octanol–water partition coefficient (Wildman–Crippen LogP) is 2.31. The largest absolute Gasteiger partial charge is 0.387 e. The molecule has 0 radical (unpaired) electrons. The molecule has 1 aromatic carbocycles. The second-order valence-electron chi connectivity index (χ2n) is 6.60. The Balaban J connectivity index is 1.84. The average Bonchev–Trinajstić information content (AvgIpc) is 2.79. The maximum atomic E-state index is 12.1. The highest BCUT2D eigenvalue weighted by Gasteiger charge is 2.16. The normalized spacial score (nSPS) is 13.4. The summed E-state index contributed by atoms with van der Waals surface area (Å²) < 4.78 is 1.86. The summed E-state index contributed by atoms with van der Waals surface area (Å²) in [5.74, 6) is 0. The summed E-state index contributed by atoms with van der Waals surface area (Å²) in [7, 11) is 1.92. The van der Waals surface area contributed by atoms with E-state index in [4.69, 9.17) is 0 Å². The lowest BCUT2D eigenvalue weighted by molar-refractivity contribution is 0.172. The number of urea groups is 1. The molecule has 25 heavy (non-hydrogen) atoms. The van der Waals surface area contributed by atoms with Crippen LogP contribution in [0.5, 0.6) is 0 Å². The summed E-state index contributed by atoms with van der Waals surface area (Å²) in [6, 6.07) is 7.31. The van der Waals surface area contributed by atoms with Crippen LogP contribution in [0, 0.1) is 20.8 Å². The summed E-state index contributed by atoms with van der Waals surface area (Å²) in [6.07, 6.45) is 0.00397. The standard InChI is InChI=1S/C19H28N4O2/c1-12-8-6-7-9-16(12)18(24)11-20-19(25)21-13(2)10-17-14(3)22-23(5)15(17)4/h6-9,13,18,24H,10-11H2,1-5H3,(H2,20,21,25). The number of aliphatic hydroxyl groups excluding tert-OH is 1. The predicted molar refractivity (Wildman–Crippen MR) is 98.5 cm³/mol. The average molecular weight is 344 g/mol. The van der Waals surface area contributed by atoms with Crippen molar-refractivity contribution in [3.05, 3.63) is 52.3 Å². The second-order valence-corrected chi connectivity index (χ2v) is 6.60. The van der Waals surface area contributed by atoms with E-state index in [2.05, 4.69) is 15.7 Å². The van der Waals surface area contributed by atoms with E-state index in [0.717, 1.165) is 34.5 Å². The van der Waals surface area contributed by atoms with Crippen molar-refractivity contribution in [2.75, 3.05) is 6.54 Å². The van der Waals surface area contributed by atoms with Crippen LogP contribution in [0.4, 0.5) is 4.79 Å². The van der Waals surface area contributed by atoms with Crippen molar-refractivity contribution < 1.29 is 9.90 Å². The van der Waals surface area contributed by atoms with E-state index in [9.17, 15) is 9.90 Å². The number of carbonyl (C=O) groups excluding carboxylic acids is 1. The van der Waals surface area contributed by atoms with Crippen LogP contribution in [0.15, 0.2) is 24.3 Å². The smallest absolute Gasteiger partial charge is 0.315 e. The Morgan fingerprint density at radius 3 is 2.56 bits per heavy atom. The molecule has 6 nitrogen and oxygen atoms in total. The second kappa shape index (κ2) is 8.16. The number of hydrogen-bond acceptors (Lipinski definition) is 3. The molecule has 0 fully saturated rings. The Kier molecular flexibility index (Phi) is 6.20. The third kappa shape index (κ3) is 4.82. The number of carbonyl (C=O) groups is 1. The maximum Gasteiger partial charge on any atom is 0.315 e. The van der Waals surface area contributed by atoms with Crippen LogP contribution in [0.2, 0.25) is 0 Å². The molecule has 1 heterocycles. The van der Waals surface area contributed by atoms with Crippen molar-refractivity contribution in [3.63, 3.8) is 0 Å². The number of aromatic nitrogens is 2. The highest BCUT2D eigenvalue weighted by Crippen LogP contribution is 2.16. The molecule has 3 N–H and O–H groups in total. The number of nitrogens with one attached hydrogen (secondary N) is 2. The minimum atomic E-state index is -0.718. The minimum Gasteiger partial charge on any atom is -0.387 e. The molecule has 2 rings (SSSR count). The number of amides is 2. The molecule has 2 atom stereocenters. The van der Waals surface area contributed by atoms with E-state index in [1.165, 1.54) is 0 Å². The van der Waals surface area contributed by atoms with Gasteiger partial charge in [0.05, 0.1) is 11.8 Å². The summed E-state index contributed by atoms with van der Waals surface area (Å²) >= 11 is 0. The monoisotopic (exact) mass is 344 g/mol. The highest BCUT2D eigenvalue weighted by atomic mass is 16.3. The van der Waals surface area contributed by atoms with E-state index in [1.54, 1.807) is 0 Å². The van der Waals surface area contributed by atoms with E-state index in [1.807, 2.05) is 63.7 Å². The first-order valence-electron chi connectivity index (χ1n) is 8.56. The molecule has 0 spiro atoms. The van der Waals surface area contributed by atoms with Gasteiger partial charge < -0.3 is 15.7 Å². The third-order valence-corrected chi connectivity index (χ3v) is 4.55. The number of aliphatic hydroxyl groups is 1. The molecule has 136 valence electrons. The fraction of sp³-hybridized carbons (Fsp3) is 0.474. The summed E-state index contributed by atoms with van der Waals surface area (Å²) in [6.45, 7) is 8.09. The Morgan fingerprint density at radius 1 is 1.28 bits per heavy atom. The molecule has 0 saturated heterocycles. The molecule has 2 aromatic rings. The Morgan fingerprint density at radius 2 is 1.96 bits per heavy atom. The van der Waals surface area contributed by atoms with Gasteiger partial charge in [-0.3, -0.25) is 4.68 Å². The zero-order valence-corrected chi connectivity index (χ0v) is 15.6. The van der Waals surface area contributed by atoms with Gasteiger partial charge in [-0.1, -0.05) is 24.3 Å². The van der Waals surface area contributed by atoms with Crippen molar-refractivity contribution in [1.29, 1.82) is 0 Å². The lowest BCUT2D eigenvalue weighted by atomic mass is 10.0. The Labute approximate surface area is 149 Å². The Bertz CT molecular complexity index is 739. The van der Waals surface area contributed by atoms with E-state index >= 15 is 0 Å². The molecule has 0 bridgehead atoms. The van der Waals surface area contributed by atoms with Gasteiger partial charge in [-0.15, -0.1) is 0 Å². The first-order valence-corrected chi connectivity index (χ1v) is 8.56. The van der Waals surface area contributed by atoms with Gasteiger partial charge in [0, 0.05) is 25.3 Å². The zero-order chi connectivity index (χ0) is 18.6. The molecule has 0 saturated carbocycles. The van der Waals surface area contributed by atoms with Crippen LogP contribution >= 0.6 is 0 Å². The highest BCUT2D eigenvalue weighted by molar-refractivity contribution is 5.74. The van der Waals surface area contributed by atoms with Gasteiger partial charge in [0.1, 0.15) is 0 Å². The van der Waals surface area contributed by atoms with Crippen molar-refractivity contribution in [2.45, 2.75) is 46.3 Å². The summed E-state index contributed by atoms with van der Waals surface area (Å²) in [5, 5.41) is 20.3. The van der Waals surface area contributed by atoms with Gasteiger partial charge in [0.25, 0.3) is 0 Å². The first kappa shape index (κ1) is 19.0. The quantitative estimate of drug-likeness (QED) is 0.752. The van der Waals surface area contributed by atoms with Crippen molar-refractivity contribution >= 4 is 6.03 Å². The van der Waals surface area contributed by atoms with Gasteiger partial charge in [-0.2, -0.15) is 5.10 Å². The molecule has 0 aliphatic heterocycles. The zero-order valence-electron chi connectivity index (χ0n) is 15.6. The molecule has 1 aromatic heterocycles. The topological polar surface area (TPSA) is 79.2 Å². The lowest BCUT2D eigenvalue weighted by Crippen LogP contribution is -2.43. The molecule has 6 heteroatoms. The van der Waals surface area contributed by atoms with Crippen molar-refractivity contribution in [1.82, 2.24) is 20.4 Å². The lowest BCUT2D eigenvalue weighted by Gasteiger charge is -2.18. The van der Waals surface area contributed by atoms with Gasteiger partial charge in [0.15, 0.2) is 0 Å². The van der Waals surface area contributed by atoms with Crippen LogP contribution in [-0.2, 0) is 13.5 Å².